The molecule has 1 aromatic carbocycles. The monoisotopic (exact) mass is 373 g/mol. The fourth-order valence-corrected chi connectivity index (χ4v) is 3.42. The fraction of sp³-hybridized carbons (Fsp3) is 0.474. The minimum absolute atomic E-state index is 0.301. The van der Waals surface area contributed by atoms with Crippen molar-refractivity contribution in [1.29, 1.82) is 0 Å². The zero-order valence-electron chi connectivity index (χ0n) is 15.0. The van der Waals surface area contributed by atoms with Crippen LogP contribution in [0.3, 0.4) is 0 Å². The first-order valence-electron chi connectivity index (χ1n) is 9.19. The molecule has 1 aliphatic rings. The number of H-pyrrole nitrogens is 1. The van der Waals surface area contributed by atoms with Crippen LogP contribution >= 0.6 is 0 Å². The molecule has 8 heteroatoms. The van der Waals surface area contributed by atoms with Gasteiger partial charge in [-0.05, 0) is 30.9 Å². The molecule has 1 aliphatic carbocycles. The van der Waals surface area contributed by atoms with Gasteiger partial charge in [0, 0.05) is 6.54 Å². The van der Waals surface area contributed by atoms with Gasteiger partial charge in [-0.15, -0.1) is 0 Å². The topological polar surface area (TPSA) is 110 Å². The molecule has 1 fully saturated rings. The first kappa shape index (κ1) is 18.9. The van der Waals surface area contributed by atoms with E-state index < -0.39 is 17.2 Å². The maximum Gasteiger partial charge on any atom is 0.329 e. The maximum absolute atomic E-state index is 12.0. The van der Waals surface area contributed by atoms with E-state index in [1.54, 1.807) is 24.3 Å². The van der Waals surface area contributed by atoms with Crippen LogP contribution < -0.4 is 16.6 Å². The third-order valence-corrected chi connectivity index (χ3v) is 4.87. The van der Waals surface area contributed by atoms with Crippen LogP contribution in [0, 0.1) is 5.92 Å². The number of para-hydroxylation sites is 1. The van der Waals surface area contributed by atoms with Gasteiger partial charge in [0.2, 0.25) is 0 Å². The Hall–Kier alpha value is -2.90. The Bertz CT molecular complexity index is 940. The molecule has 0 spiro atoms. The summed E-state index contributed by atoms with van der Waals surface area (Å²) >= 11 is 0. The predicted molar refractivity (Wildman–Crippen MR) is 99.4 cm³/mol. The Labute approximate surface area is 155 Å². The highest BCUT2D eigenvalue weighted by atomic mass is 16.5. The van der Waals surface area contributed by atoms with Gasteiger partial charge in [-0.25, -0.2) is 4.79 Å². The van der Waals surface area contributed by atoms with Gasteiger partial charge in [0.25, 0.3) is 11.5 Å². The summed E-state index contributed by atoms with van der Waals surface area (Å²) in [7, 11) is 0. The molecule has 1 saturated carbocycles. The van der Waals surface area contributed by atoms with Gasteiger partial charge >= 0.3 is 11.7 Å². The zero-order chi connectivity index (χ0) is 19.2. The second-order valence-electron chi connectivity index (χ2n) is 6.83. The molecular formula is C19H23N3O5. The Kier molecular flexibility index (Phi) is 6.05. The first-order chi connectivity index (χ1) is 13.0. The zero-order valence-corrected chi connectivity index (χ0v) is 15.0. The van der Waals surface area contributed by atoms with E-state index in [9.17, 15) is 19.2 Å². The van der Waals surface area contributed by atoms with Gasteiger partial charge in [0.05, 0.1) is 10.9 Å². The molecule has 1 aromatic heterocycles. The minimum atomic E-state index is -0.720. The number of nitrogens with one attached hydrogen (secondary N) is 2. The van der Waals surface area contributed by atoms with Crippen molar-refractivity contribution in [1.82, 2.24) is 14.9 Å². The Morgan fingerprint density at radius 2 is 1.89 bits per heavy atom. The normalized spacial score (nSPS) is 14.8. The van der Waals surface area contributed by atoms with Crippen LogP contribution in [0.5, 0.6) is 0 Å². The molecule has 0 bridgehead atoms. The molecule has 3 rings (SSSR count). The van der Waals surface area contributed by atoms with Crippen molar-refractivity contribution in [2.75, 3.05) is 13.2 Å². The van der Waals surface area contributed by atoms with Gasteiger partial charge < -0.3 is 10.1 Å². The highest BCUT2D eigenvalue weighted by molar-refractivity contribution is 5.82. The number of hydrogen-bond acceptors (Lipinski definition) is 5. The fourth-order valence-electron chi connectivity index (χ4n) is 3.42. The highest BCUT2D eigenvalue weighted by Crippen LogP contribution is 2.22. The number of aromatic amines is 1. The molecule has 0 atom stereocenters. The van der Waals surface area contributed by atoms with Gasteiger partial charge in [-0.1, -0.05) is 31.4 Å². The molecule has 1 amide bonds. The molecule has 2 aromatic rings. The third-order valence-electron chi connectivity index (χ3n) is 4.87. The summed E-state index contributed by atoms with van der Waals surface area (Å²) < 4.78 is 6.10. The molecule has 0 saturated heterocycles. The number of hydrogen-bond donors (Lipinski definition) is 2. The van der Waals surface area contributed by atoms with Crippen molar-refractivity contribution in [3.05, 3.63) is 45.1 Å². The first-order valence-corrected chi connectivity index (χ1v) is 9.19. The second-order valence-corrected chi connectivity index (χ2v) is 6.83. The average Bonchev–Trinajstić information content (AvgIpc) is 2.69. The number of ether oxygens (including phenoxy) is 1. The van der Waals surface area contributed by atoms with Gasteiger partial charge in [0.1, 0.15) is 6.54 Å². The van der Waals surface area contributed by atoms with Crippen LogP contribution in [-0.4, -0.2) is 34.6 Å². The molecule has 1 heterocycles. The number of nitrogens with zero attached hydrogens (tertiary/aromatic N) is 1. The van der Waals surface area contributed by atoms with E-state index in [2.05, 4.69) is 10.3 Å². The van der Waals surface area contributed by atoms with E-state index in [4.69, 9.17) is 4.74 Å². The summed E-state index contributed by atoms with van der Waals surface area (Å²) in [5.41, 5.74) is -0.871. The largest absolute Gasteiger partial charge is 0.454 e. The van der Waals surface area contributed by atoms with E-state index in [1.165, 1.54) is 19.3 Å². The quantitative estimate of drug-likeness (QED) is 0.732. The van der Waals surface area contributed by atoms with Crippen molar-refractivity contribution < 1.29 is 14.3 Å². The number of esters is 1. The minimum Gasteiger partial charge on any atom is -0.454 e. The number of carbonyl (C=O) groups is 2. The summed E-state index contributed by atoms with van der Waals surface area (Å²) in [4.78, 5) is 49.9. The number of rotatable bonds is 6. The lowest BCUT2D eigenvalue weighted by atomic mass is 9.89. The number of fused-ring (bicyclic) bond motifs is 1. The summed E-state index contributed by atoms with van der Waals surface area (Å²) in [5.74, 6) is -0.584. The van der Waals surface area contributed by atoms with Crippen molar-refractivity contribution >= 4 is 22.8 Å². The van der Waals surface area contributed by atoms with E-state index in [0.29, 0.717) is 23.4 Å². The van der Waals surface area contributed by atoms with Crippen LogP contribution in [0.25, 0.3) is 10.9 Å². The number of aromatic nitrogens is 2. The molecule has 0 radical (unpaired) electrons. The van der Waals surface area contributed by atoms with E-state index in [0.717, 1.165) is 17.4 Å². The Morgan fingerprint density at radius 1 is 1.15 bits per heavy atom. The van der Waals surface area contributed by atoms with Crippen LogP contribution in [-0.2, 0) is 20.9 Å². The lowest BCUT2D eigenvalue weighted by Crippen LogP contribution is -2.35. The van der Waals surface area contributed by atoms with Crippen molar-refractivity contribution in [2.24, 2.45) is 5.92 Å². The van der Waals surface area contributed by atoms with Gasteiger partial charge in [-0.2, -0.15) is 0 Å². The van der Waals surface area contributed by atoms with Crippen LogP contribution in [0.15, 0.2) is 33.9 Å². The SMILES string of the molecule is O=C(COC(=O)Cn1c(=O)[nH]c(=O)c2ccccc21)NCC1CCCCC1. The molecule has 2 N–H and O–H groups in total. The average molecular weight is 373 g/mol. The maximum atomic E-state index is 12.0. The second kappa shape index (κ2) is 8.66. The molecular weight excluding hydrogens is 350 g/mol. The van der Waals surface area contributed by atoms with Crippen molar-refractivity contribution in [3.8, 4) is 0 Å². The summed E-state index contributed by atoms with van der Waals surface area (Å²) in [6.45, 7) is -0.173. The molecule has 27 heavy (non-hydrogen) atoms. The standard InChI is InChI=1S/C19H23N3O5/c23-16(20-10-13-6-2-1-3-7-13)12-27-17(24)11-22-15-9-5-4-8-14(15)18(25)21-19(22)26/h4-5,8-9,13H,1-3,6-7,10-12H2,(H,20,23)(H,21,25,26). The number of benzene rings is 1. The van der Waals surface area contributed by atoms with Gasteiger partial charge in [-0.3, -0.25) is 23.9 Å². The van der Waals surface area contributed by atoms with Gasteiger partial charge in [0.15, 0.2) is 6.61 Å². The van der Waals surface area contributed by atoms with Crippen LogP contribution in [0.1, 0.15) is 32.1 Å². The smallest absolute Gasteiger partial charge is 0.329 e. The molecule has 0 unspecified atom stereocenters. The predicted octanol–water partition coefficient (Wildman–Crippen LogP) is 0.929. The summed E-state index contributed by atoms with van der Waals surface area (Å²) in [6.07, 6.45) is 5.86. The van der Waals surface area contributed by atoms with E-state index >= 15 is 0 Å². The third kappa shape index (κ3) is 4.84. The van der Waals surface area contributed by atoms with E-state index in [-0.39, 0.29) is 19.1 Å². The summed E-state index contributed by atoms with van der Waals surface area (Å²) in [6, 6.07) is 6.48. The lowest BCUT2D eigenvalue weighted by Gasteiger charge is -2.21. The van der Waals surface area contributed by atoms with Crippen LogP contribution in [0.2, 0.25) is 0 Å². The molecule has 0 aliphatic heterocycles. The summed E-state index contributed by atoms with van der Waals surface area (Å²) in [5, 5.41) is 3.09. The van der Waals surface area contributed by atoms with E-state index in [1.807, 2.05) is 0 Å². The molecule has 144 valence electrons. The lowest BCUT2D eigenvalue weighted by molar-refractivity contribution is -0.149. The number of amides is 1. The highest BCUT2D eigenvalue weighted by Gasteiger charge is 2.16. The van der Waals surface area contributed by atoms with Crippen LogP contribution in [0.4, 0.5) is 0 Å². The Morgan fingerprint density at radius 3 is 2.67 bits per heavy atom. The van der Waals surface area contributed by atoms with Crippen molar-refractivity contribution in [2.45, 2.75) is 38.6 Å². The number of carbonyl (C=O) groups excluding carboxylic acids is 2. The molecule has 8 nitrogen and oxygen atoms in total. The van der Waals surface area contributed by atoms with Crippen molar-refractivity contribution in [3.63, 3.8) is 0 Å². The Balaban J connectivity index is 1.55.